The number of hydrogen-bond donors (Lipinski definition) is 3. The fraction of sp³-hybridized carbons (Fsp3) is 0.346. The highest BCUT2D eigenvalue weighted by atomic mass is 32.1. The second-order valence-corrected chi connectivity index (χ2v) is 10.6. The van der Waals surface area contributed by atoms with Crippen molar-refractivity contribution in [3.8, 4) is 27.6 Å². The van der Waals surface area contributed by atoms with Gasteiger partial charge in [0, 0.05) is 61.4 Å². The topological polar surface area (TPSA) is 97.4 Å². The quantitative estimate of drug-likeness (QED) is 0.267. The van der Waals surface area contributed by atoms with E-state index < -0.39 is 0 Å². The van der Waals surface area contributed by atoms with Gasteiger partial charge in [-0.25, -0.2) is 9.97 Å². The first kappa shape index (κ1) is 24.8. The molecule has 1 aromatic carbocycles. The van der Waals surface area contributed by atoms with Crippen LogP contribution in [0.4, 0.5) is 5.00 Å². The summed E-state index contributed by atoms with van der Waals surface area (Å²) in [6, 6.07) is 10.2. The van der Waals surface area contributed by atoms with Crippen molar-refractivity contribution in [1.29, 1.82) is 0 Å². The molecule has 5 rings (SSSR count). The van der Waals surface area contributed by atoms with Crippen LogP contribution in [0, 0.1) is 0 Å². The number of amides is 1. The van der Waals surface area contributed by atoms with Crippen molar-refractivity contribution in [2.45, 2.75) is 19.4 Å². The molecule has 8 nitrogen and oxygen atoms in total. The summed E-state index contributed by atoms with van der Waals surface area (Å²) in [5, 5.41) is 11.7. The van der Waals surface area contributed by atoms with Crippen LogP contribution in [0.3, 0.4) is 0 Å². The van der Waals surface area contributed by atoms with Crippen LogP contribution in [-0.4, -0.2) is 56.3 Å². The van der Waals surface area contributed by atoms with Crippen LogP contribution >= 0.6 is 22.7 Å². The molecular formula is C26H29N5O3S2. The predicted octanol–water partition coefficient (Wildman–Crippen LogP) is 4.31. The summed E-state index contributed by atoms with van der Waals surface area (Å²) in [5.41, 5.74) is 5.38. The lowest BCUT2D eigenvalue weighted by molar-refractivity contribution is -0.116. The van der Waals surface area contributed by atoms with Crippen LogP contribution in [0.5, 0.6) is 5.88 Å². The van der Waals surface area contributed by atoms with E-state index in [1.165, 1.54) is 10.4 Å². The van der Waals surface area contributed by atoms with Gasteiger partial charge in [-0.2, -0.15) is 0 Å². The third-order valence-electron chi connectivity index (χ3n) is 6.07. The fourth-order valence-electron chi connectivity index (χ4n) is 4.23. The van der Waals surface area contributed by atoms with Gasteiger partial charge in [0.2, 0.25) is 11.8 Å². The van der Waals surface area contributed by atoms with E-state index >= 15 is 0 Å². The second-order valence-electron chi connectivity index (χ2n) is 8.47. The third-order valence-corrected chi connectivity index (χ3v) is 8.27. The molecule has 0 saturated carbocycles. The molecule has 3 aromatic heterocycles. The van der Waals surface area contributed by atoms with Gasteiger partial charge < -0.3 is 25.4 Å². The van der Waals surface area contributed by atoms with Gasteiger partial charge in [0.1, 0.15) is 10.0 Å². The maximum absolute atomic E-state index is 12.7. The molecule has 0 spiro atoms. The Labute approximate surface area is 218 Å². The van der Waals surface area contributed by atoms with Crippen molar-refractivity contribution in [2.24, 2.45) is 0 Å². The summed E-state index contributed by atoms with van der Waals surface area (Å²) in [6.45, 7) is 3.72. The van der Waals surface area contributed by atoms with Gasteiger partial charge in [-0.05, 0) is 42.3 Å². The molecule has 0 saturated heterocycles. The van der Waals surface area contributed by atoms with E-state index in [4.69, 9.17) is 14.5 Å². The van der Waals surface area contributed by atoms with Crippen molar-refractivity contribution in [2.75, 3.05) is 45.8 Å². The summed E-state index contributed by atoms with van der Waals surface area (Å²) in [4.78, 5) is 23.4. The molecule has 3 N–H and O–H groups in total. The highest BCUT2D eigenvalue weighted by Crippen LogP contribution is 2.45. The van der Waals surface area contributed by atoms with Gasteiger partial charge in [0.25, 0.3) is 0 Å². The first-order chi connectivity index (χ1) is 17.7. The molecule has 1 aliphatic rings. The highest BCUT2D eigenvalue weighted by Gasteiger charge is 2.25. The molecule has 0 radical (unpaired) electrons. The fourth-order valence-corrected chi connectivity index (χ4v) is 6.55. The number of carbonyl (C=O) groups excluding carboxylic acids is 1. The summed E-state index contributed by atoms with van der Waals surface area (Å²) in [6.07, 6.45) is 3.14. The van der Waals surface area contributed by atoms with Crippen LogP contribution in [-0.2, 0) is 22.5 Å². The third kappa shape index (κ3) is 5.42. The van der Waals surface area contributed by atoms with E-state index in [0.29, 0.717) is 25.5 Å². The van der Waals surface area contributed by atoms with Gasteiger partial charge in [-0.1, -0.05) is 6.07 Å². The molecule has 1 amide bonds. The minimum atomic E-state index is 0.00289. The number of rotatable bonds is 10. The number of aromatic nitrogens is 2. The number of carbonyl (C=O) groups is 1. The SMILES string of the molecule is COCCNCCC(=O)Nc1sc2c(c1-c1nc3cc(-c4ccc(OC)nc4)ccc3s1)CCNC2. The van der Waals surface area contributed by atoms with Gasteiger partial charge in [-0.3, -0.25) is 4.79 Å². The summed E-state index contributed by atoms with van der Waals surface area (Å²) in [5.74, 6) is 0.593. The molecule has 0 fully saturated rings. The summed E-state index contributed by atoms with van der Waals surface area (Å²) < 4.78 is 11.3. The van der Waals surface area contributed by atoms with E-state index in [1.807, 2.05) is 18.3 Å². The molecular weight excluding hydrogens is 494 g/mol. The number of thiophene rings is 1. The first-order valence-electron chi connectivity index (χ1n) is 11.9. The maximum atomic E-state index is 12.7. The Balaban J connectivity index is 1.42. The zero-order valence-electron chi connectivity index (χ0n) is 20.3. The van der Waals surface area contributed by atoms with Gasteiger partial charge in [0.05, 0.1) is 23.9 Å². The van der Waals surface area contributed by atoms with Crippen molar-refractivity contribution in [1.82, 2.24) is 20.6 Å². The molecule has 188 valence electrons. The lowest BCUT2D eigenvalue weighted by Crippen LogP contribution is -2.24. The predicted molar refractivity (Wildman–Crippen MR) is 146 cm³/mol. The normalized spacial score (nSPS) is 13.1. The smallest absolute Gasteiger partial charge is 0.226 e. The van der Waals surface area contributed by atoms with E-state index in [0.717, 1.165) is 63.0 Å². The largest absolute Gasteiger partial charge is 0.481 e. The standard InChI is InChI=1S/C26H29N5O3S2/c1-33-12-11-27-10-8-22(32)31-26-24(18-7-9-28-15-21(18)36-26)25-30-19-13-16(3-5-20(19)35-25)17-4-6-23(34-2)29-14-17/h3-6,13-14,27-28H,7-12,15H2,1-2H3,(H,31,32). The Kier molecular flexibility index (Phi) is 7.88. The Morgan fingerprint density at radius 1 is 1.14 bits per heavy atom. The molecule has 0 unspecified atom stereocenters. The lowest BCUT2D eigenvalue weighted by Gasteiger charge is -2.13. The van der Waals surface area contributed by atoms with Gasteiger partial charge in [-0.15, -0.1) is 22.7 Å². The molecule has 4 aromatic rings. The van der Waals surface area contributed by atoms with Crippen LogP contribution in [0.2, 0.25) is 0 Å². The number of fused-ring (bicyclic) bond motifs is 2. The molecule has 1 aliphatic heterocycles. The number of ether oxygens (including phenoxy) is 2. The number of nitrogens with one attached hydrogen (secondary N) is 3. The summed E-state index contributed by atoms with van der Waals surface area (Å²) in [7, 11) is 3.28. The Morgan fingerprint density at radius 3 is 2.83 bits per heavy atom. The second kappa shape index (κ2) is 11.4. The number of methoxy groups -OCH3 is 2. The monoisotopic (exact) mass is 523 g/mol. The van der Waals surface area contributed by atoms with E-state index in [1.54, 1.807) is 36.9 Å². The van der Waals surface area contributed by atoms with Gasteiger partial charge in [0.15, 0.2) is 0 Å². The van der Waals surface area contributed by atoms with E-state index in [-0.39, 0.29) is 5.91 Å². The minimum Gasteiger partial charge on any atom is -0.481 e. The zero-order chi connectivity index (χ0) is 24.9. The number of anilines is 1. The Bertz CT molecular complexity index is 1350. The highest BCUT2D eigenvalue weighted by molar-refractivity contribution is 7.23. The zero-order valence-corrected chi connectivity index (χ0v) is 22.0. The molecule has 0 bridgehead atoms. The number of thiazole rings is 1. The van der Waals surface area contributed by atoms with Gasteiger partial charge >= 0.3 is 0 Å². The van der Waals surface area contributed by atoms with E-state index in [9.17, 15) is 4.79 Å². The first-order valence-corrected chi connectivity index (χ1v) is 13.6. The molecule has 10 heteroatoms. The van der Waals surface area contributed by atoms with Crippen molar-refractivity contribution >= 4 is 43.8 Å². The van der Waals surface area contributed by atoms with Crippen molar-refractivity contribution < 1.29 is 14.3 Å². The Morgan fingerprint density at radius 2 is 2.03 bits per heavy atom. The average Bonchev–Trinajstić information content (AvgIpc) is 3.48. The van der Waals surface area contributed by atoms with Crippen molar-refractivity contribution in [3.63, 3.8) is 0 Å². The molecule has 36 heavy (non-hydrogen) atoms. The van der Waals surface area contributed by atoms with Crippen LogP contribution in [0.15, 0.2) is 36.5 Å². The van der Waals surface area contributed by atoms with Crippen LogP contribution < -0.4 is 20.7 Å². The maximum Gasteiger partial charge on any atom is 0.226 e. The summed E-state index contributed by atoms with van der Waals surface area (Å²) >= 11 is 3.33. The van der Waals surface area contributed by atoms with Crippen LogP contribution in [0.1, 0.15) is 16.9 Å². The number of nitrogens with zero attached hydrogens (tertiary/aromatic N) is 2. The molecule has 4 heterocycles. The van der Waals surface area contributed by atoms with Crippen LogP contribution in [0.25, 0.3) is 31.9 Å². The molecule has 0 atom stereocenters. The Hall–Kier alpha value is -2.89. The number of benzene rings is 1. The molecule has 0 aliphatic carbocycles. The lowest BCUT2D eigenvalue weighted by atomic mass is 10.0. The average molecular weight is 524 g/mol. The number of pyridine rings is 1. The minimum absolute atomic E-state index is 0.00289. The number of hydrogen-bond acceptors (Lipinski definition) is 9. The van der Waals surface area contributed by atoms with E-state index in [2.05, 4.69) is 39.1 Å². The van der Waals surface area contributed by atoms with Crippen molar-refractivity contribution in [3.05, 3.63) is 47.0 Å².